The number of aryl methyl sites for hydroxylation is 1. The number of rotatable bonds is 10. The van der Waals surface area contributed by atoms with E-state index in [-0.39, 0.29) is 16.3 Å². The van der Waals surface area contributed by atoms with Crippen LogP contribution in [0.4, 0.5) is 0 Å². The summed E-state index contributed by atoms with van der Waals surface area (Å²) in [6.45, 7) is 2.77. The van der Waals surface area contributed by atoms with Gasteiger partial charge in [0.05, 0.1) is 16.4 Å². The second-order valence-electron chi connectivity index (χ2n) is 6.11. The molecular formula is C18H24N2O6S2. The van der Waals surface area contributed by atoms with Crippen LogP contribution in [-0.2, 0) is 31.2 Å². The maximum atomic E-state index is 12.5. The summed E-state index contributed by atoms with van der Waals surface area (Å²) in [5, 5.41) is 5.05. The fourth-order valence-electron chi connectivity index (χ4n) is 2.44. The van der Waals surface area contributed by atoms with E-state index in [1.807, 2.05) is 0 Å². The topological polar surface area (TPSA) is 125 Å². The summed E-state index contributed by atoms with van der Waals surface area (Å²) < 4.78 is 60.4. The summed E-state index contributed by atoms with van der Waals surface area (Å²) in [7, 11) is -5.84. The molecule has 0 unspecified atom stereocenters. The van der Waals surface area contributed by atoms with Crippen LogP contribution in [0.3, 0.4) is 0 Å². The van der Waals surface area contributed by atoms with E-state index in [2.05, 4.69) is 4.72 Å². The molecule has 0 bridgehead atoms. The second kappa shape index (κ2) is 9.48. The molecule has 8 nitrogen and oxygen atoms in total. The molecule has 0 amide bonds. The van der Waals surface area contributed by atoms with Gasteiger partial charge in [-0.05, 0) is 54.8 Å². The van der Waals surface area contributed by atoms with Crippen LogP contribution < -0.4 is 14.6 Å². The predicted molar refractivity (Wildman–Crippen MR) is 105 cm³/mol. The van der Waals surface area contributed by atoms with Crippen LogP contribution in [0, 0.1) is 6.92 Å². The van der Waals surface area contributed by atoms with Crippen molar-refractivity contribution in [2.45, 2.75) is 23.1 Å². The van der Waals surface area contributed by atoms with Crippen molar-refractivity contribution in [2.75, 3.05) is 26.9 Å². The van der Waals surface area contributed by atoms with Crippen molar-refractivity contribution >= 4 is 20.0 Å². The molecule has 154 valence electrons. The largest absolute Gasteiger partial charge is 0.491 e. The smallest absolute Gasteiger partial charge is 0.240 e. The zero-order chi connectivity index (χ0) is 20.8. The summed E-state index contributed by atoms with van der Waals surface area (Å²) in [5.74, 6) is 0.603. The molecule has 10 heteroatoms. The zero-order valence-corrected chi connectivity index (χ0v) is 17.3. The Hall–Kier alpha value is -1.98. The van der Waals surface area contributed by atoms with Gasteiger partial charge in [-0.15, -0.1) is 0 Å². The number of primary sulfonamides is 1. The van der Waals surface area contributed by atoms with Gasteiger partial charge >= 0.3 is 0 Å². The van der Waals surface area contributed by atoms with E-state index in [0.29, 0.717) is 30.9 Å². The number of ether oxygens (including phenoxy) is 2. The lowest BCUT2D eigenvalue weighted by Crippen LogP contribution is -2.26. The highest BCUT2D eigenvalue weighted by Gasteiger charge is 2.15. The van der Waals surface area contributed by atoms with E-state index in [1.165, 1.54) is 18.2 Å². The third-order valence-corrected chi connectivity index (χ3v) is 6.35. The first-order valence-corrected chi connectivity index (χ1v) is 11.5. The average molecular weight is 429 g/mol. The first-order valence-electron chi connectivity index (χ1n) is 8.47. The Morgan fingerprint density at radius 1 is 0.964 bits per heavy atom. The molecule has 0 fully saturated rings. The van der Waals surface area contributed by atoms with Gasteiger partial charge in [0.25, 0.3) is 0 Å². The molecule has 0 saturated carbocycles. The first kappa shape index (κ1) is 22.3. The quantitative estimate of drug-likeness (QED) is 0.548. The Morgan fingerprint density at radius 3 is 2.18 bits per heavy atom. The molecule has 3 N–H and O–H groups in total. The molecule has 0 saturated heterocycles. The molecule has 2 rings (SSSR count). The molecule has 0 aromatic heterocycles. The van der Waals surface area contributed by atoms with E-state index in [0.717, 1.165) is 5.56 Å². The van der Waals surface area contributed by atoms with E-state index >= 15 is 0 Å². The number of nitrogens with one attached hydrogen (secondary N) is 1. The number of methoxy groups -OCH3 is 1. The molecule has 0 heterocycles. The van der Waals surface area contributed by atoms with Crippen molar-refractivity contribution in [2.24, 2.45) is 5.14 Å². The normalized spacial score (nSPS) is 12.1. The van der Waals surface area contributed by atoms with Gasteiger partial charge in [0.1, 0.15) is 12.4 Å². The fourth-order valence-corrected chi connectivity index (χ4v) is 4.08. The Bertz CT molecular complexity index is 1000. The average Bonchev–Trinajstić information content (AvgIpc) is 2.62. The minimum atomic E-state index is -3.74. The van der Waals surface area contributed by atoms with Crippen LogP contribution in [0.2, 0.25) is 0 Å². The molecule has 28 heavy (non-hydrogen) atoms. The minimum absolute atomic E-state index is 0.0140. The summed E-state index contributed by atoms with van der Waals surface area (Å²) in [6.07, 6.45) is 0.404. The van der Waals surface area contributed by atoms with Crippen molar-refractivity contribution in [1.29, 1.82) is 0 Å². The lowest BCUT2D eigenvalue weighted by molar-refractivity contribution is 0.146. The van der Waals surface area contributed by atoms with Gasteiger partial charge in [0.2, 0.25) is 20.0 Å². The molecule has 0 atom stereocenters. The SMILES string of the molecule is COCCOc1ccc(S(=O)(=O)NCCc2ccc(S(N)(=O)=O)cc2)cc1C. The molecule has 0 aliphatic carbocycles. The van der Waals surface area contributed by atoms with Gasteiger partial charge in [-0.1, -0.05) is 12.1 Å². The van der Waals surface area contributed by atoms with Gasteiger partial charge in [-0.25, -0.2) is 26.7 Å². The maximum Gasteiger partial charge on any atom is 0.240 e. The van der Waals surface area contributed by atoms with Gasteiger partial charge < -0.3 is 9.47 Å². The van der Waals surface area contributed by atoms with Crippen molar-refractivity contribution in [3.8, 4) is 5.75 Å². The number of benzene rings is 2. The highest BCUT2D eigenvalue weighted by atomic mass is 32.2. The maximum absolute atomic E-state index is 12.5. The highest BCUT2D eigenvalue weighted by Crippen LogP contribution is 2.21. The lowest BCUT2D eigenvalue weighted by Gasteiger charge is -2.11. The molecule has 2 aromatic rings. The number of hydrogen-bond acceptors (Lipinski definition) is 6. The van der Waals surface area contributed by atoms with E-state index < -0.39 is 20.0 Å². The molecule has 2 aromatic carbocycles. The van der Waals surface area contributed by atoms with Gasteiger partial charge in [-0.2, -0.15) is 0 Å². The van der Waals surface area contributed by atoms with Crippen LogP contribution in [0.15, 0.2) is 52.3 Å². The molecule has 0 spiro atoms. The number of sulfonamides is 2. The molecule has 0 radical (unpaired) electrons. The third-order valence-electron chi connectivity index (χ3n) is 3.96. The monoisotopic (exact) mass is 428 g/mol. The van der Waals surface area contributed by atoms with Crippen molar-refractivity contribution in [3.63, 3.8) is 0 Å². The summed E-state index contributed by atoms with van der Waals surface area (Å²) in [6, 6.07) is 10.6. The minimum Gasteiger partial charge on any atom is -0.491 e. The Morgan fingerprint density at radius 2 is 1.61 bits per heavy atom. The van der Waals surface area contributed by atoms with E-state index in [9.17, 15) is 16.8 Å². The first-order chi connectivity index (χ1) is 13.1. The fraction of sp³-hybridized carbons (Fsp3) is 0.333. The molecule has 0 aliphatic rings. The van der Waals surface area contributed by atoms with Crippen LogP contribution >= 0.6 is 0 Å². The predicted octanol–water partition coefficient (Wildman–Crippen LogP) is 1.19. The van der Waals surface area contributed by atoms with Crippen LogP contribution in [0.5, 0.6) is 5.75 Å². The Balaban J connectivity index is 1.97. The standard InChI is InChI=1S/C18H24N2O6S2/c1-14-13-17(7-8-18(14)26-12-11-25-2)28(23,24)20-10-9-15-3-5-16(6-4-15)27(19,21)22/h3-8,13,20H,9-12H2,1-2H3,(H2,19,21,22). The summed E-state index contributed by atoms with van der Waals surface area (Å²) in [5.41, 5.74) is 1.49. The lowest BCUT2D eigenvalue weighted by atomic mass is 10.2. The summed E-state index contributed by atoms with van der Waals surface area (Å²) >= 11 is 0. The third kappa shape index (κ3) is 6.28. The summed E-state index contributed by atoms with van der Waals surface area (Å²) in [4.78, 5) is 0.161. The van der Waals surface area contributed by atoms with Crippen LogP contribution in [0.25, 0.3) is 0 Å². The zero-order valence-electron chi connectivity index (χ0n) is 15.7. The van der Waals surface area contributed by atoms with Gasteiger partial charge in [0, 0.05) is 13.7 Å². The second-order valence-corrected chi connectivity index (χ2v) is 9.43. The van der Waals surface area contributed by atoms with Crippen molar-refractivity contribution in [1.82, 2.24) is 4.72 Å². The van der Waals surface area contributed by atoms with E-state index in [4.69, 9.17) is 14.6 Å². The molecular weight excluding hydrogens is 404 g/mol. The number of hydrogen-bond donors (Lipinski definition) is 2. The van der Waals surface area contributed by atoms with Crippen molar-refractivity contribution < 1.29 is 26.3 Å². The van der Waals surface area contributed by atoms with Gasteiger partial charge in [0.15, 0.2) is 0 Å². The van der Waals surface area contributed by atoms with Crippen LogP contribution in [-0.4, -0.2) is 43.7 Å². The van der Waals surface area contributed by atoms with Crippen molar-refractivity contribution in [3.05, 3.63) is 53.6 Å². The number of nitrogens with two attached hydrogens (primary N) is 1. The molecule has 0 aliphatic heterocycles. The van der Waals surface area contributed by atoms with Crippen LogP contribution in [0.1, 0.15) is 11.1 Å². The Kier molecular flexibility index (Phi) is 7.55. The Labute approximate surface area is 165 Å². The highest BCUT2D eigenvalue weighted by molar-refractivity contribution is 7.89. The van der Waals surface area contributed by atoms with Gasteiger partial charge in [-0.3, -0.25) is 0 Å². The van der Waals surface area contributed by atoms with E-state index in [1.54, 1.807) is 38.3 Å².